The van der Waals surface area contributed by atoms with E-state index in [2.05, 4.69) is 0 Å². The molecule has 0 radical (unpaired) electrons. The number of sulfonamides is 1. The first kappa shape index (κ1) is 14.2. The van der Waals surface area contributed by atoms with Crippen LogP contribution >= 0.6 is 0 Å². The van der Waals surface area contributed by atoms with Crippen molar-refractivity contribution in [2.45, 2.75) is 4.90 Å². The van der Waals surface area contributed by atoms with Gasteiger partial charge in [-0.2, -0.15) is 4.31 Å². The van der Waals surface area contributed by atoms with Gasteiger partial charge in [0.1, 0.15) is 0 Å². The molecule has 2 rings (SSSR count). The highest BCUT2D eigenvalue weighted by Gasteiger charge is 2.28. The topological polar surface area (TPSA) is 91.8 Å². The van der Waals surface area contributed by atoms with Crippen molar-refractivity contribution in [1.82, 2.24) is 4.31 Å². The molecular formula is C11H13NO5S2. The van der Waals surface area contributed by atoms with Crippen molar-refractivity contribution in [3.63, 3.8) is 0 Å². The second kappa shape index (κ2) is 5.40. The third-order valence-electron chi connectivity index (χ3n) is 2.88. The van der Waals surface area contributed by atoms with Crippen LogP contribution in [-0.4, -0.2) is 52.6 Å². The van der Waals surface area contributed by atoms with Crippen molar-refractivity contribution in [3.05, 3.63) is 29.8 Å². The summed E-state index contributed by atoms with van der Waals surface area (Å²) in [5, 5.41) is 8.76. The predicted octanol–water partition coefficient (Wildman–Crippen LogP) is 0.138. The van der Waals surface area contributed by atoms with Crippen LogP contribution in [-0.2, 0) is 20.8 Å². The van der Waals surface area contributed by atoms with Gasteiger partial charge in [-0.1, -0.05) is 0 Å². The molecule has 1 fully saturated rings. The quantitative estimate of drug-likeness (QED) is 0.857. The lowest BCUT2D eigenvalue weighted by atomic mass is 10.2. The number of hydrogen-bond donors (Lipinski definition) is 1. The largest absolute Gasteiger partial charge is 0.478 e. The third-order valence-corrected chi connectivity index (χ3v) is 6.06. The predicted molar refractivity (Wildman–Crippen MR) is 70.0 cm³/mol. The van der Waals surface area contributed by atoms with Crippen LogP contribution in [0.25, 0.3) is 0 Å². The Morgan fingerprint density at radius 2 is 1.68 bits per heavy atom. The average molecular weight is 303 g/mol. The monoisotopic (exact) mass is 303 g/mol. The maximum Gasteiger partial charge on any atom is 0.335 e. The van der Waals surface area contributed by atoms with Gasteiger partial charge in [-0.25, -0.2) is 13.2 Å². The first-order chi connectivity index (χ1) is 8.91. The Morgan fingerprint density at radius 1 is 1.16 bits per heavy atom. The van der Waals surface area contributed by atoms with E-state index in [9.17, 15) is 17.4 Å². The van der Waals surface area contributed by atoms with Crippen LogP contribution in [0.5, 0.6) is 0 Å². The minimum atomic E-state index is -3.62. The van der Waals surface area contributed by atoms with Crippen molar-refractivity contribution in [2.24, 2.45) is 0 Å². The van der Waals surface area contributed by atoms with E-state index in [0.717, 1.165) is 0 Å². The molecule has 0 atom stereocenters. The summed E-state index contributed by atoms with van der Waals surface area (Å²) < 4.78 is 37.0. The van der Waals surface area contributed by atoms with E-state index in [1.165, 1.54) is 28.6 Å². The number of carboxylic acid groups (broad SMARTS) is 1. The summed E-state index contributed by atoms with van der Waals surface area (Å²) in [6.45, 7) is 0.464. The molecule has 104 valence electrons. The van der Waals surface area contributed by atoms with Crippen LogP contribution in [0.2, 0.25) is 0 Å². The van der Waals surface area contributed by atoms with Gasteiger partial charge in [-0.05, 0) is 24.3 Å². The molecule has 1 aromatic carbocycles. The summed E-state index contributed by atoms with van der Waals surface area (Å²) >= 11 is 0. The lowest BCUT2D eigenvalue weighted by molar-refractivity contribution is 0.0696. The van der Waals surface area contributed by atoms with E-state index < -0.39 is 26.8 Å². The zero-order valence-electron chi connectivity index (χ0n) is 9.98. The van der Waals surface area contributed by atoms with Gasteiger partial charge in [0.2, 0.25) is 10.0 Å². The fraction of sp³-hybridized carbons (Fsp3) is 0.364. The Bertz CT molecular complexity index is 598. The fourth-order valence-electron chi connectivity index (χ4n) is 1.78. The summed E-state index contributed by atoms with van der Waals surface area (Å²) in [5.41, 5.74) is 0.0405. The number of hydrogen-bond acceptors (Lipinski definition) is 4. The van der Waals surface area contributed by atoms with E-state index >= 15 is 0 Å². The molecular weight excluding hydrogens is 290 g/mol. The fourth-order valence-corrected chi connectivity index (χ4v) is 4.50. The summed E-state index contributed by atoms with van der Waals surface area (Å²) in [5.74, 6) is -0.420. The lowest BCUT2D eigenvalue weighted by Gasteiger charge is -2.25. The van der Waals surface area contributed by atoms with Crippen LogP contribution in [0.1, 0.15) is 10.4 Å². The first-order valence-electron chi connectivity index (χ1n) is 5.60. The van der Waals surface area contributed by atoms with Gasteiger partial charge >= 0.3 is 5.97 Å². The Hall–Kier alpha value is -1.25. The second-order valence-electron chi connectivity index (χ2n) is 4.08. The van der Waals surface area contributed by atoms with E-state index in [4.69, 9.17) is 5.11 Å². The summed E-state index contributed by atoms with van der Waals surface area (Å²) in [7, 11) is -4.57. The molecule has 1 N–H and O–H groups in total. The molecule has 0 amide bonds. The SMILES string of the molecule is O=C(O)c1ccc(S(=O)(=O)N2CCS(=O)CC2)cc1. The molecule has 1 aromatic rings. The normalized spacial score (nSPS) is 18.3. The Labute approximate surface area is 113 Å². The van der Waals surface area contributed by atoms with Gasteiger partial charge in [0.05, 0.1) is 10.5 Å². The Kier molecular flexibility index (Phi) is 4.02. The highest BCUT2D eigenvalue weighted by molar-refractivity contribution is 7.89. The van der Waals surface area contributed by atoms with E-state index in [1.54, 1.807) is 0 Å². The van der Waals surface area contributed by atoms with Crippen LogP contribution in [0.4, 0.5) is 0 Å². The maximum absolute atomic E-state index is 12.3. The highest BCUT2D eigenvalue weighted by Crippen LogP contribution is 2.18. The number of nitrogens with zero attached hydrogens (tertiary/aromatic N) is 1. The minimum absolute atomic E-state index is 0.0405. The van der Waals surface area contributed by atoms with Crippen molar-refractivity contribution in [3.8, 4) is 0 Å². The summed E-state index contributed by atoms with van der Waals surface area (Å²) in [4.78, 5) is 10.8. The zero-order valence-corrected chi connectivity index (χ0v) is 11.6. The molecule has 1 aliphatic heterocycles. The van der Waals surface area contributed by atoms with Crippen molar-refractivity contribution < 1.29 is 22.5 Å². The maximum atomic E-state index is 12.3. The van der Waals surface area contributed by atoms with Gasteiger partial charge in [0.15, 0.2) is 0 Å². The average Bonchev–Trinajstić information content (AvgIpc) is 2.39. The molecule has 6 nitrogen and oxygen atoms in total. The molecule has 0 unspecified atom stereocenters. The lowest BCUT2D eigenvalue weighted by Crippen LogP contribution is -2.41. The number of rotatable bonds is 3. The number of aromatic carboxylic acids is 1. The molecule has 0 aromatic heterocycles. The molecule has 0 spiro atoms. The van der Waals surface area contributed by atoms with Gasteiger partial charge in [0.25, 0.3) is 0 Å². The molecule has 8 heteroatoms. The van der Waals surface area contributed by atoms with Crippen LogP contribution in [0, 0.1) is 0 Å². The number of carboxylic acids is 1. The molecule has 0 saturated carbocycles. The molecule has 1 saturated heterocycles. The third kappa shape index (κ3) is 3.02. The summed E-state index contributed by atoms with van der Waals surface area (Å²) in [6.07, 6.45) is 0. The van der Waals surface area contributed by atoms with Gasteiger partial charge in [-0.15, -0.1) is 0 Å². The van der Waals surface area contributed by atoms with E-state index in [-0.39, 0.29) is 23.5 Å². The minimum Gasteiger partial charge on any atom is -0.478 e. The van der Waals surface area contributed by atoms with Crippen LogP contribution in [0.15, 0.2) is 29.2 Å². The van der Waals surface area contributed by atoms with E-state index in [0.29, 0.717) is 11.5 Å². The van der Waals surface area contributed by atoms with Crippen LogP contribution in [0.3, 0.4) is 0 Å². The van der Waals surface area contributed by atoms with Crippen molar-refractivity contribution in [2.75, 3.05) is 24.6 Å². The highest BCUT2D eigenvalue weighted by atomic mass is 32.2. The Balaban J connectivity index is 2.24. The first-order valence-corrected chi connectivity index (χ1v) is 8.52. The second-order valence-corrected chi connectivity index (χ2v) is 7.72. The number of carbonyl (C=O) groups is 1. The van der Waals surface area contributed by atoms with Gasteiger partial charge < -0.3 is 5.11 Å². The van der Waals surface area contributed by atoms with Crippen LogP contribution < -0.4 is 0 Å². The number of benzene rings is 1. The summed E-state index contributed by atoms with van der Waals surface area (Å²) in [6, 6.07) is 5.09. The standard InChI is InChI=1S/C11H13NO5S2/c13-11(14)9-1-3-10(4-2-9)19(16,17)12-5-7-18(15)8-6-12/h1-4H,5-8H2,(H,13,14). The van der Waals surface area contributed by atoms with Crippen molar-refractivity contribution in [1.29, 1.82) is 0 Å². The zero-order chi connectivity index (χ0) is 14.0. The molecule has 1 heterocycles. The van der Waals surface area contributed by atoms with Crippen molar-refractivity contribution >= 4 is 26.8 Å². The molecule has 19 heavy (non-hydrogen) atoms. The van der Waals surface area contributed by atoms with Gasteiger partial charge in [-0.3, -0.25) is 4.21 Å². The molecule has 0 aliphatic carbocycles. The Morgan fingerprint density at radius 3 is 2.16 bits per heavy atom. The molecule has 1 aliphatic rings. The van der Waals surface area contributed by atoms with E-state index in [1.807, 2.05) is 0 Å². The molecule has 0 bridgehead atoms. The smallest absolute Gasteiger partial charge is 0.335 e. The van der Waals surface area contributed by atoms with Gasteiger partial charge in [0, 0.05) is 35.4 Å².